The van der Waals surface area contributed by atoms with E-state index in [9.17, 15) is 19.5 Å². The number of hydrazine groups is 1. The van der Waals surface area contributed by atoms with E-state index in [4.69, 9.17) is 4.74 Å². The molecule has 8 heteroatoms. The highest BCUT2D eigenvalue weighted by Gasteiger charge is 2.32. The summed E-state index contributed by atoms with van der Waals surface area (Å²) < 4.78 is 5.69. The van der Waals surface area contributed by atoms with Crippen LogP contribution >= 0.6 is 15.9 Å². The van der Waals surface area contributed by atoms with Gasteiger partial charge in [-0.05, 0) is 47.0 Å². The van der Waals surface area contributed by atoms with E-state index in [1.54, 1.807) is 18.2 Å². The van der Waals surface area contributed by atoms with Crippen LogP contribution in [0, 0.1) is 11.8 Å². The van der Waals surface area contributed by atoms with Gasteiger partial charge in [0.2, 0.25) is 5.91 Å². The van der Waals surface area contributed by atoms with Crippen LogP contribution in [0.1, 0.15) is 36.0 Å². The molecule has 1 fully saturated rings. The lowest BCUT2D eigenvalue weighted by atomic mass is 9.79. The molecule has 2 atom stereocenters. The molecule has 1 aliphatic carbocycles. The molecule has 0 saturated heterocycles. The first-order valence-electron chi connectivity index (χ1n) is 7.58. The molecular formula is C16H18BrN2O5-. The van der Waals surface area contributed by atoms with Crippen molar-refractivity contribution >= 4 is 33.7 Å². The average Bonchev–Trinajstić information content (AvgIpc) is 2.59. The molecule has 2 rings (SSSR count). The topological polar surface area (TPSA) is 108 Å². The van der Waals surface area contributed by atoms with Gasteiger partial charge in [-0.1, -0.05) is 12.8 Å². The van der Waals surface area contributed by atoms with E-state index in [1.807, 2.05) is 0 Å². The van der Waals surface area contributed by atoms with Gasteiger partial charge in [-0.15, -0.1) is 0 Å². The zero-order chi connectivity index (χ0) is 17.7. The fourth-order valence-corrected chi connectivity index (χ4v) is 3.36. The van der Waals surface area contributed by atoms with Crippen molar-refractivity contribution in [2.24, 2.45) is 11.8 Å². The zero-order valence-electron chi connectivity index (χ0n) is 13.1. The molecule has 0 bridgehead atoms. The van der Waals surface area contributed by atoms with Crippen LogP contribution in [0.5, 0.6) is 5.75 Å². The number of rotatable bonds is 4. The standard InChI is InChI=1S/C16H19BrN2O5/c1-24-13-7-6-9(8-12(13)17)14(20)18-19-15(21)10-4-2-3-5-11(10)16(22)23/h6-8,10-11H,2-5H2,1H3,(H,18,20)(H,19,21)(H,22,23)/p-1/t10-,11+/m1/s1. The lowest BCUT2D eigenvalue weighted by molar-refractivity contribution is -0.314. The number of ether oxygens (including phenoxy) is 1. The second kappa shape index (κ2) is 8.14. The molecule has 1 aromatic rings. The second-order valence-electron chi connectivity index (χ2n) is 5.61. The third-order valence-electron chi connectivity index (χ3n) is 4.12. The number of nitrogens with one attached hydrogen (secondary N) is 2. The van der Waals surface area contributed by atoms with Crippen molar-refractivity contribution in [2.75, 3.05) is 7.11 Å². The van der Waals surface area contributed by atoms with E-state index in [1.165, 1.54) is 7.11 Å². The number of hydrogen-bond donors (Lipinski definition) is 2. The van der Waals surface area contributed by atoms with E-state index >= 15 is 0 Å². The second-order valence-corrected chi connectivity index (χ2v) is 6.46. The summed E-state index contributed by atoms with van der Waals surface area (Å²) in [6, 6.07) is 4.73. The quantitative estimate of drug-likeness (QED) is 0.729. The minimum absolute atomic E-state index is 0.322. The van der Waals surface area contributed by atoms with Gasteiger partial charge in [0, 0.05) is 23.4 Å². The Hall–Kier alpha value is -2.09. The van der Waals surface area contributed by atoms with Gasteiger partial charge in [0.1, 0.15) is 5.75 Å². The summed E-state index contributed by atoms with van der Waals surface area (Å²) in [4.78, 5) is 35.4. The van der Waals surface area contributed by atoms with Crippen LogP contribution < -0.4 is 20.7 Å². The summed E-state index contributed by atoms with van der Waals surface area (Å²) in [6.45, 7) is 0. The molecule has 24 heavy (non-hydrogen) atoms. The Morgan fingerprint density at radius 1 is 1.17 bits per heavy atom. The number of carboxylic acid groups (broad SMARTS) is 1. The molecule has 1 aliphatic rings. The Morgan fingerprint density at radius 2 is 1.83 bits per heavy atom. The van der Waals surface area contributed by atoms with Crippen LogP contribution in [-0.2, 0) is 9.59 Å². The number of benzene rings is 1. The van der Waals surface area contributed by atoms with Crippen molar-refractivity contribution in [1.82, 2.24) is 10.9 Å². The number of halogens is 1. The van der Waals surface area contributed by atoms with Crippen molar-refractivity contribution in [2.45, 2.75) is 25.7 Å². The Labute approximate surface area is 147 Å². The Balaban J connectivity index is 1.96. The number of carboxylic acids is 1. The molecule has 0 unspecified atom stereocenters. The molecule has 7 nitrogen and oxygen atoms in total. The lowest BCUT2D eigenvalue weighted by Gasteiger charge is -2.31. The highest BCUT2D eigenvalue weighted by molar-refractivity contribution is 9.10. The third kappa shape index (κ3) is 4.25. The number of hydrogen-bond acceptors (Lipinski definition) is 5. The van der Waals surface area contributed by atoms with E-state index in [2.05, 4.69) is 26.8 Å². The first kappa shape index (κ1) is 18.3. The van der Waals surface area contributed by atoms with Gasteiger partial charge in [0.15, 0.2) is 0 Å². The van der Waals surface area contributed by atoms with Crippen LogP contribution in [0.4, 0.5) is 0 Å². The van der Waals surface area contributed by atoms with Gasteiger partial charge in [-0.2, -0.15) is 0 Å². The van der Waals surface area contributed by atoms with Crippen molar-refractivity contribution in [3.8, 4) is 5.75 Å². The molecule has 2 amide bonds. The highest BCUT2D eigenvalue weighted by Crippen LogP contribution is 2.29. The number of aliphatic carboxylic acids is 1. The molecule has 0 heterocycles. The van der Waals surface area contributed by atoms with Crippen molar-refractivity contribution in [1.29, 1.82) is 0 Å². The normalized spacial score (nSPS) is 20.1. The maximum absolute atomic E-state index is 12.2. The van der Waals surface area contributed by atoms with E-state index < -0.39 is 29.6 Å². The molecule has 130 valence electrons. The fraction of sp³-hybridized carbons (Fsp3) is 0.438. The molecule has 0 radical (unpaired) electrons. The van der Waals surface area contributed by atoms with Gasteiger partial charge < -0.3 is 14.6 Å². The first-order chi connectivity index (χ1) is 11.4. The molecule has 0 spiro atoms. The first-order valence-corrected chi connectivity index (χ1v) is 8.38. The monoisotopic (exact) mass is 397 g/mol. The summed E-state index contributed by atoms with van der Waals surface area (Å²) in [5.74, 6) is -3.16. The van der Waals surface area contributed by atoms with Crippen molar-refractivity contribution in [3.05, 3.63) is 28.2 Å². The predicted molar refractivity (Wildman–Crippen MR) is 86.8 cm³/mol. The Bertz CT molecular complexity index is 649. The van der Waals surface area contributed by atoms with E-state index in [-0.39, 0.29) is 0 Å². The summed E-state index contributed by atoms with van der Waals surface area (Å²) in [5.41, 5.74) is 4.94. The molecular weight excluding hydrogens is 380 g/mol. The SMILES string of the molecule is COc1ccc(C(=O)NNC(=O)[C@@H]2CCCC[C@@H]2C(=O)[O-])cc1Br. The van der Waals surface area contributed by atoms with E-state index in [0.717, 1.165) is 12.8 Å². The number of carbonyl (C=O) groups excluding carboxylic acids is 3. The van der Waals surface area contributed by atoms with E-state index in [0.29, 0.717) is 28.6 Å². The van der Waals surface area contributed by atoms with Crippen LogP contribution in [-0.4, -0.2) is 24.9 Å². The summed E-state index contributed by atoms with van der Waals surface area (Å²) >= 11 is 3.28. The maximum atomic E-state index is 12.2. The van der Waals surface area contributed by atoms with Crippen LogP contribution in [0.25, 0.3) is 0 Å². The fourth-order valence-electron chi connectivity index (χ4n) is 2.82. The summed E-state index contributed by atoms with van der Waals surface area (Å²) in [6.07, 6.45) is 2.42. The Morgan fingerprint density at radius 3 is 2.42 bits per heavy atom. The largest absolute Gasteiger partial charge is 0.550 e. The van der Waals surface area contributed by atoms with Crippen LogP contribution in [0.3, 0.4) is 0 Å². The van der Waals surface area contributed by atoms with Crippen molar-refractivity contribution < 1.29 is 24.2 Å². The van der Waals surface area contributed by atoms with Crippen molar-refractivity contribution in [3.63, 3.8) is 0 Å². The minimum atomic E-state index is -1.22. The van der Waals surface area contributed by atoms with Gasteiger partial charge >= 0.3 is 0 Å². The zero-order valence-corrected chi connectivity index (χ0v) is 14.7. The predicted octanol–water partition coefficient (Wildman–Crippen LogP) is 0.775. The molecule has 0 aromatic heterocycles. The van der Waals surface area contributed by atoms with Gasteiger partial charge in [0.05, 0.1) is 11.6 Å². The molecule has 2 N–H and O–H groups in total. The lowest BCUT2D eigenvalue weighted by Crippen LogP contribution is -2.49. The highest BCUT2D eigenvalue weighted by atomic mass is 79.9. The van der Waals surface area contributed by atoms with Crippen LogP contribution in [0.15, 0.2) is 22.7 Å². The average molecular weight is 398 g/mol. The summed E-state index contributed by atoms with van der Waals surface area (Å²) in [7, 11) is 1.51. The summed E-state index contributed by atoms with van der Waals surface area (Å²) in [5, 5.41) is 11.1. The molecule has 0 aliphatic heterocycles. The minimum Gasteiger partial charge on any atom is -0.550 e. The molecule has 1 saturated carbocycles. The van der Waals surface area contributed by atoms with Gasteiger partial charge in [-0.3, -0.25) is 20.4 Å². The van der Waals surface area contributed by atoms with Gasteiger partial charge in [-0.25, -0.2) is 0 Å². The maximum Gasteiger partial charge on any atom is 0.269 e. The number of amides is 2. The number of methoxy groups -OCH3 is 1. The number of carbonyl (C=O) groups is 3. The smallest absolute Gasteiger partial charge is 0.269 e. The third-order valence-corrected chi connectivity index (χ3v) is 4.74. The van der Waals surface area contributed by atoms with Crippen LogP contribution in [0.2, 0.25) is 0 Å². The Kier molecular flexibility index (Phi) is 6.19. The van der Waals surface area contributed by atoms with Gasteiger partial charge in [0.25, 0.3) is 5.91 Å². The molecule has 1 aromatic carbocycles.